The summed E-state index contributed by atoms with van der Waals surface area (Å²) in [6, 6.07) is 9.80. The molecule has 0 aliphatic carbocycles. The Kier molecular flexibility index (Phi) is 4.92. The first kappa shape index (κ1) is 17.3. The largest absolute Gasteiger partial charge is 0.355 e. The number of nitriles is 1. The Balaban J connectivity index is 1.60. The van der Waals surface area contributed by atoms with Gasteiger partial charge < -0.3 is 4.90 Å². The highest BCUT2D eigenvalue weighted by Crippen LogP contribution is 2.19. The van der Waals surface area contributed by atoms with Crippen molar-refractivity contribution in [3.8, 4) is 6.07 Å². The van der Waals surface area contributed by atoms with Gasteiger partial charge >= 0.3 is 0 Å². The summed E-state index contributed by atoms with van der Waals surface area (Å²) in [6.07, 6.45) is 1.23. The van der Waals surface area contributed by atoms with Crippen molar-refractivity contribution in [2.75, 3.05) is 18.0 Å². The first-order valence-electron chi connectivity index (χ1n) is 7.74. The van der Waals surface area contributed by atoms with Crippen LogP contribution in [0.15, 0.2) is 41.3 Å². The van der Waals surface area contributed by atoms with Gasteiger partial charge in [-0.2, -0.15) is 5.26 Å². The van der Waals surface area contributed by atoms with Crippen molar-refractivity contribution in [1.29, 1.82) is 5.26 Å². The van der Waals surface area contributed by atoms with Crippen molar-refractivity contribution in [3.05, 3.63) is 47.9 Å². The van der Waals surface area contributed by atoms with E-state index in [0.29, 0.717) is 31.7 Å². The van der Waals surface area contributed by atoms with Gasteiger partial charge in [0.25, 0.3) is 0 Å². The third kappa shape index (κ3) is 4.10. The van der Waals surface area contributed by atoms with E-state index in [4.69, 9.17) is 5.26 Å². The molecule has 1 saturated heterocycles. The van der Waals surface area contributed by atoms with Crippen LogP contribution in [0.5, 0.6) is 0 Å². The number of hydrogen-bond acceptors (Lipinski definition) is 6. The maximum absolute atomic E-state index is 12.9. The first-order valence-corrected chi connectivity index (χ1v) is 9.23. The first-order chi connectivity index (χ1) is 12.0. The average molecular weight is 361 g/mol. The van der Waals surface area contributed by atoms with Gasteiger partial charge in [0.2, 0.25) is 10.0 Å². The minimum atomic E-state index is -3.67. The van der Waals surface area contributed by atoms with E-state index < -0.39 is 15.8 Å². The van der Waals surface area contributed by atoms with Crippen LogP contribution < -0.4 is 9.62 Å². The molecule has 0 radical (unpaired) electrons. The second kappa shape index (κ2) is 7.13. The molecule has 0 bridgehead atoms. The lowest BCUT2D eigenvalue weighted by atomic mass is 10.1. The van der Waals surface area contributed by atoms with Crippen LogP contribution in [0.2, 0.25) is 0 Å². The molecule has 0 saturated carbocycles. The molecular weight excluding hydrogens is 345 g/mol. The number of rotatable bonds is 4. The van der Waals surface area contributed by atoms with Crippen molar-refractivity contribution in [2.45, 2.75) is 23.8 Å². The number of aromatic nitrogens is 2. The number of halogens is 1. The summed E-state index contributed by atoms with van der Waals surface area (Å²) in [4.78, 5) is 2.05. The summed E-state index contributed by atoms with van der Waals surface area (Å²) in [5, 5.41) is 16.5. The third-order valence-corrected chi connectivity index (χ3v) is 5.57. The fourth-order valence-corrected chi connectivity index (χ4v) is 3.99. The Labute approximate surface area is 145 Å². The van der Waals surface area contributed by atoms with Gasteiger partial charge in [0.05, 0.1) is 4.90 Å². The number of piperidine rings is 1. The van der Waals surface area contributed by atoms with Gasteiger partial charge in [0, 0.05) is 19.1 Å². The van der Waals surface area contributed by atoms with Crippen molar-refractivity contribution in [1.82, 2.24) is 14.9 Å². The number of nitrogens with one attached hydrogen (secondary N) is 1. The van der Waals surface area contributed by atoms with Gasteiger partial charge in [-0.15, -0.1) is 10.2 Å². The summed E-state index contributed by atoms with van der Waals surface area (Å²) in [7, 11) is -3.67. The van der Waals surface area contributed by atoms with Gasteiger partial charge in [-0.25, -0.2) is 17.5 Å². The molecule has 130 valence electrons. The van der Waals surface area contributed by atoms with E-state index in [0.717, 1.165) is 12.1 Å². The molecule has 1 N–H and O–H groups in total. The summed E-state index contributed by atoms with van der Waals surface area (Å²) < 4.78 is 40.3. The number of anilines is 1. The molecule has 0 amide bonds. The van der Waals surface area contributed by atoms with E-state index in [9.17, 15) is 12.8 Å². The van der Waals surface area contributed by atoms with Crippen LogP contribution in [0.4, 0.5) is 10.2 Å². The number of hydrogen-bond donors (Lipinski definition) is 1. The standard InChI is InChI=1S/C16H16FN5O2S/c17-12-1-4-15(5-2-12)25(23,24)21-13-7-9-22(10-8-13)16-6-3-14(11-18)19-20-16/h1-6,13,21H,7-10H2. The molecule has 2 aromatic rings. The third-order valence-electron chi connectivity index (χ3n) is 4.03. The van der Waals surface area contributed by atoms with Gasteiger partial charge in [0.15, 0.2) is 11.5 Å². The molecule has 1 aliphatic heterocycles. The Morgan fingerprint density at radius 2 is 1.80 bits per heavy atom. The highest BCUT2D eigenvalue weighted by atomic mass is 32.2. The predicted octanol–water partition coefficient (Wildman–Crippen LogP) is 1.43. The van der Waals surface area contributed by atoms with Crippen molar-refractivity contribution < 1.29 is 12.8 Å². The maximum atomic E-state index is 12.9. The van der Waals surface area contributed by atoms with E-state index >= 15 is 0 Å². The Morgan fingerprint density at radius 1 is 1.12 bits per heavy atom. The van der Waals surface area contributed by atoms with Crippen molar-refractivity contribution in [3.63, 3.8) is 0 Å². The van der Waals surface area contributed by atoms with Crippen LogP contribution in [0, 0.1) is 17.1 Å². The minimum absolute atomic E-state index is 0.0503. The number of nitrogens with zero attached hydrogens (tertiary/aromatic N) is 4. The molecule has 7 nitrogen and oxygen atoms in total. The van der Waals surface area contributed by atoms with E-state index in [1.54, 1.807) is 12.1 Å². The Bertz CT molecular complexity index is 870. The number of benzene rings is 1. The molecule has 0 atom stereocenters. The molecule has 1 aromatic heterocycles. The van der Waals surface area contributed by atoms with Gasteiger partial charge in [-0.3, -0.25) is 0 Å². The summed E-state index contributed by atoms with van der Waals surface area (Å²) in [5.74, 6) is 0.189. The zero-order valence-corrected chi connectivity index (χ0v) is 14.1. The molecular formula is C16H16FN5O2S. The summed E-state index contributed by atoms with van der Waals surface area (Å²) in [5.41, 5.74) is 0.255. The second-order valence-electron chi connectivity index (χ2n) is 5.73. The number of sulfonamides is 1. The van der Waals surface area contributed by atoms with E-state index in [1.165, 1.54) is 12.1 Å². The van der Waals surface area contributed by atoms with E-state index in [-0.39, 0.29) is 16.6 Å². The fourth-order valence-electron chi connectivity index (χ4n) is 2.68. The van der Waals surface area contributed by atoms with Crippen LogP contribution in [-0.4, -0.2) is 37.7 Å². The van der Waals surface area contributed by atoms with Gasteiger partial charge in [-0.1, -0.05) is 0 Å². The van der Waals surface area contributed by atoms with E-state index in [2.05, 4.69) is 14.9 Å². The summed E-state index contributed by atoms with van der Waals surface area (Å²) in [6.45, 7) is 1.24. The van der Waals surface area contributed by atoms with Gasteiger partial charge in [0.1, 0.15) is 11.9 Å². The molecule has 3 rings (SSSR count). The average Bonchev–Trinajstić information content (AvgIpc) is 2.62. The van der Waals surface area contributed by atoms with Crippen molar-refractivity contribution in [2.24, 2.45) is 0 Å². The lowest BCUT2D eigenvalue weighted by Gasteiger charge is -2.32. The fraction of sp³-hybridized carbons (Fsp3) is 0.312. The smallest absolute Gasteiger partial charge is 0.240 e. The van der Waals surface area contributed by atoms with Crippen LogP contribution >= 0.6 is 0 Å². The molecule has 0 unspecified atom stereocenters. The zero-order chi connectivity index (χ0) is 17.9. The van der Waals surface area contributed by atoms with Crippen LogP contribution in [-0.2, 0) is 10.0 Å². The van der Waals surface area contributed by atoms with Crippen LogP contribution in [0.1, 0.15) is 18.5 Å². The minimum Gasteiger partial charge on any atom is -0.355 e. The zero-order valence-electron chi connectivity index (χ0n) is 13.3. The monoisotopic (exact) mass is 361 g/mol. The van der Waals surface area contributed by atoms with Crippen molar-refractivity contribution >= 4 is 15.8 Å². The normalized spacial score (nSPS) is 15.8. The molecule has 2 heterocycles. The molecule has 1 aromatic carbocycles. The maximum Gasteiger partial charge on any atom is 0.240 e. The highest BCUT2D eigenvalue weighted by molar-refractivity contribution is 7.89. The predicted molar refractivity (Wildman–Crippen MR) is 88.7 cm³/mol. The molecule has 9 heteroatoms. The lowest BCUT2D eigenvalue weighted by Crippen LogP contribution is -2.44. The lowest BCUT2D eigenvalue weighted by molar-refractivity contribution is 0.457. The second-order valence-corrected chi connectivity index (χ2v) is 7.44. The van der Waals surface area contributed by atoms with Crippen LogP contribution in [0.3, 0.4) is 0 Å². The molecule has 25 heavy (non-hydrogen) atoms. The quantitative estimate of drug-likeness (QED) is 0.885. The SMILES string of the molecule is N#Cc1ccc(N2CCC(NS(=O)(=O)c3ccc(F)cc3)CC2)nn1. The summed E-state index contributed by atoms with van der Waals surface area (Å²) >= 11 is 0. The Hall–Kier alpha value is -2.57. The molecule has 1 aliphatic rings. The van der Waals surface area contributed by atoms with Crippen LogP contribution in [0.25, 0.3) is 0 Å². The molecule has 1 fully saturated rings. The van der Waals surface area contributed by atoms with Gasteiger partial charge in [-0.05, 0) is 49.2 Å². The topological polar surface area (TPSA) is 99.0 Å². The molecule has 0 spiro atoms. The Morgan fingerprint density at radius 3 is 2.36 bits per heavy atom. The highest BCUT2D eigenvalue weighted by Gasteiger charge is 2.25. The van der Waals surface area contributed by atoms with E-state index in [1.807, 2.05) is 11.0 Å².